The molecule has 1 aliphatic heterocycles. The number of benzene rings is 1. The summed E-state index contributed by atoms with van der Waals surface area (Å²) in [5.74, 6) is 0.689. The van der Waals surface area contributed by atoms with Crippen LogP contribution in [0.5, 0.6) is 0 Å². The number of nitrogens with zero attached hydrogens (tertiary/aromatic N) is 3. The number of aliphatic hydroxyl groups excluding tert-OH is 1. The van der Waals surface area contributed by atoms with Crippen LogP contribution in [-0.4, -0.2) is 39.2 Å². The number of rotatable bonds is 4. The van der Waals surface area contributed by atoms with E-state index in [4.69, 9.17) is 0 Å². The van der Waals surface area contributed by atoms with Gasteiger partial charge in [-0.15, -0.1) is 0 Å². The summed E-state index contributed by atoms with van der Waals surface area (Å²) < 4.78 is 13.8. The van der Waals surface area contributed by atoms with E-state index in [2.05, 4.69) is 14.9 Å². The molecule has 2 heterocycles. The molecule has 122 valence electrons. The highest BCUT2D eigenvalue weighted by Gasteiger charge is 2.28. The molecule has 1 aromatic heterocycles. The molecule has 0 unspecified atom stereocenters. The molecule has 0 bridgehead atoms. The van der Waals surface area contributed by atoms with Gasteiger partial charge in [0.1, 0.15) is 11.6 Å². The SMILES string of the molecule is Cc1ncc(CN2CC[C@H](Cc3ccccc3F)[C@@H](O)C2)cn1. The molecule has 0 aliphatic carbocycles. The standard InChI is InChI=1S/C18H22FN3O/c1-13-20-9-14(10-21-13)11-22-7-6-16(18(23)12-22)8-15-4-2-3-5-17(15)19/h2-5,9-10,16,18,23H,6-8,11-12H2,1H3/t16-,18+/m1/s1. The molecule has 1 aromatic carbocycles. The quantitative estimate of drug-likeness (QED) is 0.941. The third kappa shape index (κ3) is 4.12. The predicted molar refractivity (Wildman–Crippen MR) is 86.3 cm³/mol. The lowest BCUT2D eigenvalue weighted by Gasteiger charge is -2.36. The average molecular weight is 315 g/mol. The van der Waals surface area contributed by atoms with Crippen molar-refractivity contribution in [3.8, 4) is 0 Å². The molecule has 0 radical (unpaired) electrons. The first-order valence-electron chi connectivity index (χ1n) is 8.03. The van der Waals surface area contributed by atoms with E-state index in [1.54, 1.807) is 12.1 Å². The lowest BCUT2D eigenvalue weighted by molar-refractivity contribution is 0.0184. The molecule has 23 heavy (non-hydrogen) atoms. The Labute approximate surface area is 136 Å². The van der Waals surface area contributed by atoms with Crippen molar-refractivity contribution in [3.63, 3.8) is 0 Å². The Morgan fingerprint density at radius 1 is 1.26 bits per heavy atom. The largest absolute Gasteiger partial charge is 0.391 e. The lowest BCUT2D eigenvalue weighted by Crippen LogP contribution is -2.44. The zero-order valence-electron chi connectivity index (χ0n) is 13.3. The highest BCUT2D eigenvalue weighted by Crippen LogP contribution is 2.24. The van der Waals surface area contributed by atoms with Crippen molar-refractivity contribution in [2.75, 3.05) is 13.1 Å². The summed E-state index contributed by atoms with van der Waals surface area (Å²) in [5.41, 5.74) is 1.74. The van der Waals surface area contributed by atoms with Crippen molar-refractivity contribution in [1.82, 2.24) is 14.9 Å². The molecular weight excluding hydrogens is 293 g/mol. The van der Waals surface area contributed by atoms with Crippen LogP contribution in [0.4, 0.5) is 4.39 Å². The van der Waals surface area contributed by atoms with Crippen LogP contribution in [0.15, 0.2) is 36.7 Å². The third-order valence-corrected chi connectivity index (χ3v) is 4.49. The van der Waals surface area contributed by atoms with Gasteiger partial charge >= 0.3 is 0 Å². The van der Waals surface area contributed by atoms with Crippen molar-refractivity contribution >= 4 is 0 Å². The predicted octanol–water partition coefficient (Wildman–Crippen LogP) is 2.35. The fourth-order valence-corrected chi connectivity index (χ4v) is 3.13. The molecule has 0 saturated carbocycles. The van der Waals surface area contributed by atoms with E-state index in [0.717, 1.165) is 30.9 Å². The summed E-state index contributed by atoms with van der Waals surface area (Å²) in [7, 11) is 0. The Bertz CT molecular complexity index is 647. The van der Waals surface area contributed by atoms with E-state index in [9.17, 15) is 9.50 Å². The fraction of sp³-hybridized carbons (Fsp3) is 0.444. The minimum absolute atomic E-state index is 0.109. The fourth-order valence-electron chi connectivity index (χ4n) is 3.13. The summed E-state index contributed by atoms with van der Waals surface area (Å²) in [4.78, 5) is 10.6. The monoisotopic (exact) mass is 315 g/mol. The molecule has 5 heteroatoms. The minimum atomic E-state index is -0.435. The normalized spacial score (nSPS) is 22.2. The van der Waals surface area contributed by atoms with Crippen LogP contribution in [0.1, 0.15) is 23.4 Å². The lowest BCUT2D eigenvalue weighted by atomic mass is 9.87. The van der Waals surface area contributed by atoms with Gasteiger partial charge < -0.3 is 5.11 Å². The van der Waals surface area contributed by atoms with Crippen molar-refractivity contribution < 1.29 is 9.50 Å². The molecule has 1 N–H and O–H groups in total. The molecule has 4 nitrogen and oxygen atoms in total. The van der Waals surface area contributed by atoms with Gasteiger partial charge in [0.15, 0.2) is 0 Å². The molecule has 0 amide bonds. The van der Waals surface area contributed by atoms with E-state index in [-0.39, 0.29) is 11.7 Å². The Morgan fingerprint density at radius 3 is 2.70 bits per heavy atom. The van der Waals surface area contributed by atoms with E-state index >= 15 is 0 Å². The van der Waals surface area contributed by atoms with Crippen LogP contribution in [-0.2, 0) is 13.0 Å². The maximum Gasteiger partial charge on any atom is 0.126 e. The number of halogens is 1. The highest BCUT2D eigenvalue weighted by molar-refractivity contribution is 5.18. The van der Waals surface area contributed by atoms with Crippen LogP contribution in [0.25, 0.3) is 0 Å². The number of hydrogen-bond donors (Lipinski definition) is 1. The highest BCUT2D eigenvalue weighted by atomic mass is 19.1. The third-order valence-electron chi connectivity index (χ3n) is 4.49. The second-order valence-corrected chi connectivity index (χ2v) is 6.29. The average Bonchev–Trinajstić information content (AvgIpc) is 2.54. The van der Waals surface area contributed by atoms with Crippen molar-refractivity contribution in [1.29, 1.82) is 0 Å². The van der Waals surface area contributed by atoms with Gasteiger partial charge in [0.25, 0.3) is 0 Å². The maximum atomic E-state index is 13.8. The number of aryl methyl sites for hydroxylation is 1. The zero-order chi connectivity index (χ0) is 16.2. The van der Waals surface area contributed by atoms with Gasteiger partial charge in [0, 0.05) is 31.0 Å². The number of aromatic nitrogens is 2. The van der Waals surface area contributed by atoms with E-state index in [1.807, 2.05) is 25.4 Å². The molecule has 1 saturated heterocycles. The van der Waals surface area contributed by atoms with E-state index in [0.29, 0.717) is 18.5 Å². The molecular formula is C18H22FN3O. The van der Waals surface area contributed by atoms with Gasteiger partial charge in [0.05, 0.1) is 6.10 Å². The van der Waals surface area contributed by atoms with Gasteiger partial charge in [-0.05, 0) is 43.9 Å². The Kier molecular flexibility index (Phi) is 4.98. The first kappa shape index (κ1) is 16.0. The van der Waals surface area contributed by atoms with Gasteiger partial charge in [-0.3, -0.25) is 4.90 Å². The topological polar surface area (TPSA) is 49.2 Å². The second-order valence-electron chi connectivity index (χ2n) is 6.29. The summed E-state index contributed by atoms with van der Waals surface area (Å²) in [6.07, 6.45) is 4.69. The van der Waals surface area contributed by atoms with Crippen molar-refractivity contribution in [3.05, 3.63) is 59.4 Å². The number of hydrogen-bond acceptors (Lipinski definition) is 4. The summed E-state index contributed by atoms with van der Waals surface area (Å²) in [6.45, 7) is 4.10. The number of likely N-dealkylation sites (tertiary alicyclic amines) is 1. The van der Waals surface area contributed by atoms with Crippen LogP contribution in [0.3, 0.4) is 0 Å². The first-order valence-corrected chi connectivity index (χ1v) is 8.03. The Hall–Kier alpha value is -1.85. The molecule has 2 aromatic rings. The second kappa shape index (κ2) is 7.15. The number of β-amino-alcohol motifs (C(OH)–C–C–N with tert-alkyl or cyclic N) is 1. The van der Waals surface area contributed by atoms with E-state index < -0.39 is 6.10 Å². The van der Waals surface area contributed by atoms with Crippen LogP contribution in [0, 0.1) is 18.7 Å². The van der Waals surface area contributed by atoms with Gasteiger partial charge in [-0.2, -0.15) is 0 Å². The minimum Gasteiger partial charge on any atom is -0.391 e. The Balaban J connectivity index is 1.57. The van der Waals surface area contributed by atoms with Crippen LogP contribution in [0.2, 0.25) is 0 Å². The van der Waals surface area contributed by atoms with Crippen molar-refractivity contribution in [2.24, 2.45) is 5.92 Å². The summed E-state index contributed by atoms with van der Waals surface area (Å²) in [5, 5.41) is 10.4. The molecule has 0 spiro atoms. The van der Waals surface area contributed by atoms with Gasteiger partial charge in [-0.25, -0.2) is 14.4 Å². The smallest absolute Gasteiger partial charge is 0.126 e. The molecule has 3 rings (SSSR count). The Morgan fingerprint density at radius 2 is 2.00 bits per heavy atom. The molecule has 1 aliphatic rings. The summed E-state index contributed by atoms with van der Waals surface area (Å²) >= 11 is 0. The zero-order valence-corrected chi connectivity index (χ0v) is 13.3. The van der Waals surface area contributed by atoms with Gasteiger partial charge in [-0.1, -0.05) is 18.2 Å². The number of aliphatic hydroxyl groups is 1. The number of piperidine rings is 1. The molecule has 2 atom stereocenters. The molecule has 1 fully saturated rings. The van der Waals surface area contributed by atoms with Crippen molar-refractivity contribution in [2.45, 2.75) is 32.4 Å². The van der Waals surface area contributed by atoms with E-state index in [1.165, 1.54) is 6.07 Å². The van der Waals surface area contributed by atoms with Crippen LogP contribution < -0.4 is 0 Å². The first-order chi connectivity index (χ1) is 11.1. The van der Waals surface area contributed by atoms with Crippen LogP contribution >= 0.6 is 0 Å². The maximum absolute atomic E-state index is 13.8. The summed E-state index contributed by atoms with van der Waals surface area (Å²) in [6, 6.07) is 6.82. The van der Waals surface area contributed by atoms with Gasteiger partial charge in [0.2, 0.25) is 0 Å².